The van der Waals surface area contributed by atoms with E-state index in [0.717, 1.165) is 25.9 Å². The lowest BCUT2D eigenvalue weighted by atomic mass is 10.2. The number of nitrogens with zero attached hydrogens (tertiary/aromatic N) is 5. The smallest absolute Gasteiger partial charge is 0.244 e. The summed E-state index contributed by atoms with van der Waals surface area (Å²) in [6.45, 7) is 2.15. The van der Waals surface area contributed by atoms with Gasteiger partial charge in [-0.3, -0.25) is 4.79 Å². The summed E-state index contributed by atoms with van der Waals surface area (Å²) in [6.07, 6.45) is 6.13. The Labute approximate surface area is 118 Å². The van der Waals surface area contributed by atoms with E-state index in [1.807, 2.05) is 4.90 Å². The van der Waals surface area contributed by atoms with E-state index in [1.54, 1.807) is 0 Å². The summed E-state index contributed by atoms with van der Waals surface area (Å²) < 4.78 is 1.49. The van der Waals surface area contributed by atoms with Gasteiger partial charge >= 0.3 is 0 Å². The van der Waals surface area contributed by atoms with Crippen LogP contribution in [0.5, 0.6) is 0 Å². The van der Waals surface area contributed by atoms with E-state index < -0.39 is 0 Å². The molecule has 0 radical (unpaired) electrons. The molecule has 3 rings (SSSR count). The molecule has 1 aromatic heterocycles. The van der Waals surface area contributed by atoms with Crippen LogP contribution < -0.4 is 5.32 Å². The number of halogens is 1. The van der Waals surface area contributed by atoms with E-state index in [-0.39, 0.29) is 24.9 Å². The molecule has 2 aliphatic rings. The number of aromatic nitrogens is 4. The van der Waals surface area contributed by atoms with E-state index in [9.17, 15) is 4.79 Å². The summed E-state index contributed by atoms with van der Waals surface area (Å²) in [4.78, 5) is 14.3. The van der Waals surface area contributed by atoms with Crippen LogP contribution in [0.25, 0.3) is 0 Å². The van der Waals surface area contributed by atoms with Gasteiger partial charge in [0, 0.05) is 18.6 Å². The summed E-state index contributed by atoms with van der Waals surface area (Å²) in [5, 5.41) is 14.3. The molecule has 1 saturated heterocycles. The van der Waals surface area contributed by atoms with Crippen molar-refractivity contribution in [2.75, 3.05) is 13.1 Å². The minimum atomic E-state index is 0. The molecule has 1 aromatic rings. The molecule has 1 amide bonds. The van der Waals surface area contributed by atoms with Crippen LogP contribution in [0.1, 0.15) is 25.7 Å². The van der Waals surface area contributed by atoms with Gasteiger partial charge < -0.3 is 10.2 Å². The van der Waals surface area contributed by atoms with Crippen LogP contribution in [0.4, 0.5) is 0 Å². The fourth-order valence-electron chi connectivity index (χ4n) is 2.47. The quantitative estimate of drug-likeness (QED) is 0.814. The summed E-state index contributed by atoms with van der Waals surface area (Å²) in [5.74, 6) is 0.124. The largest absolute Gasteiger partial charge is 0.337 e. The van der Waals surface area contributed by atoms with Crippen molar-refractivity contribution in [1.29, 1.82) is 0 Å². The van der Waals surface area contributed by atoms with Gasteiger partial charge in [0.2, 0.25) is 5.91 Å². The maximum atomic E-state index is 12.3. The second-order valence-electron chi connectivity index (χ2n) is 5.08. The number of nitrogens with one attached hydrogen (secondary N) is 1. The van der Waals surface area contributed by atoms with Crippen molar-refractivity contribution in [3.8, 4) is 0 Å². The molecular formula is C11H19ClN6O. The van der Waals surface area contributed by atoms with Gasteiger partial charge in [-0.1, -0.05) is 0 Å². The second kappa shape index (κ2) is 6.29. The average Bonchev–Trinajstić information content (AvgIpc) is 2.87. The SMILES string of the molecule is Cl.O=C(Cn1cnnn1)N(CC1CCCN1)C1CC1. The number of tetrazole rings is 1. The lowest BCUT2D eigenvalue weighted by molar-refractivity contribution is -0.133. The first-order valence-corrected chi connectivity index (χ1v) is 6.56. The molecule has 1 unspecified atom stereocenters. The van der Waals surface area contributed by atoms with Crippen LogP contribution in [0.2, 0.25) is 0 Å². The van der Waals surface area contributed by atoms with Crippen molar-refractivity contribution in [3.05, 3.63) is 6.33 Å². The van der Waals surface area contributed by atoms with E-state index in [0.29, 0.717) is 12.1 Å². The fourth-order valence-corrected chi connectivity index (χ4v) is 2.47. The van der Waals surface area contributed by atoms with Crippen molar-refractivity contribution in [3.63, 3.8) is 0 Å². The maximum Gasteiger partial charge on any atom is 0.244 e. The zero-order chi connectivity index (χ0) is 12.4. The summed E-state index contributed by atoms with van der Waals surface area (Å²) in [5.41, 5.74) is 0. The highest BCUT2D eigenvalue weighted by atomic mass is 35.5. The van der Waals surface area contributed by atoms with Gasteiger partial charge in [0.05, 0.1) is 0 Å². The van der Waals surface area contributed by atoms with Crippen LogP contribution in [-0.4, -0.2) is 56.2 Å². The number of carbonyl (C=O) groups is 1. The molecule has 1 aliphatic heterocycles. The predicted octanol–water partition coefficient (Wildman–Crippen LogP) is -0.162. The highest BCUT2D eigenvalue weighted by Crippen LogP contribution is 2.28. The number of amides is 1. The summed E-state index contributed by atoms with van der Waals surface area (Å²) in [7, 11) is 0. The molecule has 0 bridgehead atoms. The third kappa shape index (κ3) is 3.63. The Balaban J connectivity index is 0.00000133. The van der Waals surface area contributed by atoms with E-state index in [2.05, 4.69) is 20.8 Å². The van der Waals surface area contributed by atoms with Crippen molar-refractivity contribution in [2.24, 2.45) is 0 Å². The molecule has 0 aromatic carbocycles. The second-order valence-corrected chi connectivity index (χ2v) is 5.08. The van der Waals surface area contributed by atoms with Crippen LogP contribution in [0, 0.1) is 0 Å². The Bertz CT molecular complexity index is 401. The van der Waals surface area contributed by atoms with E-state index in [4.69, 9.17) is 0 Å². The van der Waals surface area contributed by atoms with Crippen LogP contribution >= 0.6 is 12.4 Å². The molecule has 7 nitrogen and oxygen atoms in total. The highest BCUT2D eigenvalue weighted by Gasteiger charge is 2.34. The van der Waals surface area contributed by atoms with Crippen molar-refractivity contribution in [2.45, 2.75) is 44.3 Å². The van der Waals surface area contributed by atoms with Gasteiger partial charge in [-0.15, -0.1) is 17.5 Å². The minimum Gasteiger partial charge on any atom is -0.337 e. The van der Waals surface area contributed by atoms with Gasteiger partial charge in [-0.05, 0) is 42.7 Å². The van der Waals surface area contributed by atoms with E-state index in [1.165, 1.54) is 23.9 Å². The first kappa shape index (κ1) is 14.2. The first-order chi connectivity index (χ1) is 8.83. The molecule has 0 spiro atoms. The summed E-state index contributed by atoms with van der Waals surface area (Å²) in [6, 6.07) is 0.903. The van der Waals surface area contributed by atoms with Crippen LogP contribution in [0.3, 0.4) is 0 Å². The normalized spacial score (nSPS) is 22.0. The van der Waals surface area contributed by atoms with Gasteiger partial charge in [0.1, 0.15) is 12.9 Å². The van der Waals surface area contributed by atoms with Gasteiger partial charge in [-0.2, -0.15) is 0 Å². The zero-order valence-electron chi connectivity index (χ0n) is 10.7. The minimum absolute atomic E-state index is 0. The molecule has 8 heteroatoms. The Morgan fingerprint density at radius 2 is 2.26 bits per heavy atom. The number of hydrogen-bond acceptors (Lipinski definition) is 5. The van der Waals surface area contributed by atoms with E-state index >= 15 is 0 Å². The van der Waals surface area contributed by atoms with Gasteiger partial charge in [0.25, 0.3) is 0 Å². The Morgan fingerprint density at radius 3 is 2.84 bits per heavy atom. The zero-order valence-corrected chi connectivity index (χ0v) is 11.6. The molecule has 1 N–H and O–H groups in total. The average molecular weight is 287 g/mol. The molecule has 106 valence electrons. The number of carbonyl (C=O) groups excluding carboxylic acids is 1. The third-order valence-electron chi connectivity index (χ3n) is 3.58. The van der Waals surface area contributed by atoms with Gasteiger partial charge in [0.15, 0.2) is 0 Å². The number of rotatable bonds is 5. The van der Waals surface area contributed by atoms with Crippen LogP contribution in [-0.2, 0) is 11.3 Å². The standard InChI is InChI=1S/C11H18N6O.ClH/c18-11(7-16-8-13-14-15-16)17(10-3-4-10)6-9-2-1-5-12-9;/h8-10,12H,1-7H2;1H. The van der Waals surface area contributed by atoms with Crippen molar-refractivity contribution in [1.82, 2.24) is 30.4 Å². The Kier molecular flexibility index (Phi) is 4.71. The molecule has 2 fully saturated rings. The Morgan fingerprint density at radius 1 is 1.42 bits per heavy atom. The van der Waals surface area contributed by atoms with Crippen molar-refractivity contribution < 1.29 is 4.79 Å². The fraction of sp³-hybridized carbons (Fsp3) is 0.818. The summed E-state index contributed by atoms with van der Waals surface area (Å²) >= 11 is 0. The van der Waals surface area contributed by atoms with Crippen LogP contribution in [0.15, 0.2) is 6.33 Å². The van der Waals surface area contributed by atoms with Crippen molar-refractivity contribution >= 4 is 18.3 Å². The number of hydrogen-bond donors (Lipinski definition) is 1. The third-order valence-corrected chi connectivity index (χ3v) is 3.58. The molecule has 2 heterocycles. The molecule has 1 atom stereocenters. The molecule has 1 saturated carbocycles. The topological polar surface area (TPSA) is 75.9 Å². The lowest BCUT2D eigenvalue weighted by Crippen LogP contribution is -2.43. The monoisotopic (exact) mass is 286 g/mol. The first-order valence-electron chi connectivity index (χ1n) is 6.56. The van der Waals surface area contributed by atoms with Gasteiger partial charge in [-0.25, -0.2) is 4.68 Å². The lowest BCUT2D eigenvalue weighted by Gasteiger charge is -2.25. The molecule has 1 aliphatic carbocycles. The molecule has 19 heavy (non-hydrogen) atoms. The Hall–Kier alpha value is -1.21. The predicted molar refractivity (Wildman–Crippen MR) is 70.8 cm³/mol. The highest BCUT2D eigenvalue weighted by molar-refractivity contribution is 5.85. The molecular weight excluding hydrogens is 268 g/mol. The maximum absolute atomic E-state index is 12.3.